The van der Waals surface area contributed by atoms with E-state index in [0.29, 0.717) is 24.0 Å². The Balaban J connectivity index is 1.59. The molecule has 1 unspecified atom stereocenters. The summed E-state index contributed by atoms with van der Waals surface area (Å²) in [6.07, 6.45) is 2.81. The molecule has 0 bridgehead atoms. The number of H-pyrrole nitrogens is 1. The maximum Gasteiger partial charge on any atom is 0.477 e. The van der Waals surface area contributed by atoms with Crippen LogP contribution in [0.15, 0.2) is 54.7 Å². The second-order valence-corrected chi connectivity index (χ2v) is 12.5. The van der Waals surface area contributed by atoms with Crippen LogP contribution < -0.4 is 11.1 Å². The Bertz CT molecular complexity index is 1540. The lowest BCUT2D eigenvalue weighted by atomic mass is 9.88. The molecule has 0 saturated heterocycles. The number of primary amides is 1. The third-order valence-electron chi connectivity index (χ3n) is 7.61. The number of fused-ring (bicyclic) bond motifs is 1. The number of rotatable bonds is 17. The average molecular weight is 645 g/mol. The monoisotopic (exact) mass is 644 g/mol. The minimum absolute atomic E-state index is 0.0662. The van der Waals surface area contributed by atoms with Gasteiger partial charge in [-0.05, 0) is 48.6 Å². The Morgan fingerprint density at radius 3 is 2.44 bits per heavy atom. The molecule has 5 N–H and O–H groups in total. The van der Waals surface area contributed by atoms with Crippen LogP contribution in [0.1, 0.15) is 62.5 Å². The average Bonchev–Trinajstić information content (AvgIpc) is 3.42. The Morgan fingerprint density at radius 1 is 1.07 bits per heavy atom. The van der Waals surface area contributed by atoms with Crippen molar-refractivity contribution in [1.82, 2.24) is 10.3 Å². The van der Waals surface area contributed by atoms with Crippen LogP contribution in [0, 0.1) is 16.0 Å². The third-order valence-corrected chi connectivity index (χ3v) is 9.05. The first-order valence-corrected chi connectivity index (χ1v) is 16.2. The van der Waals surface area contributed by atoms with E-state index in [2.05, 4.69) is 10.3 Å². The number of carbonyl (C=O) groups excluding carboxylic acids is 2. The SMILES string of the molecule is NC(=O)[C@@H](Cc1c[nH]c2ccccc12)OP(=O)(OCc1ccc([N+](=O)[O-])cc1)O[C@@H](NC(=O)CCCC(=O)O)C1CCCCC1. The number of carboxylic acids is 1. The van der Waals surface area contributed by atoms with Crippen molar-refractivity contribution in [2.45, 2.75) is 76.7 Å². The lowest BCUT2D eigenvalue weighted by Gasteiger charge is -2.33. The van der Waals surface area contributed by atoms with Crippen LogP contribution in [0.25, 0.3) is 10.9 Å². The quantitative estimate of drug-likeness (QED) is 0.0659. The Kier molecular flexibility index (Phi) is 11.8. The standard InChI is InChI=1S/C30H37N4O10P/c31-29(38)26(17-22-18-32-25-10-5-4-9-24(22)25)43-45(41,42-19-20-13-15-23(16-14-20)34(39)40)44-30(21-7-2-1-3-8-21)33-27(35)11-6-12-28(36)37/h4-5,9-10,13-16,18,21,26,30,32H,1-3,6-8,11-12,17,19H2,(H2,31,38)(H,33,35)(H,36,37)/t26-,30-,45?/m1/s1. The molecule has 14 nitrogen and oxygen atoms in total. The van der Waals surface area contributed by atoms with E-state index in [-0.39, 0.29) is 43.9 Å². The topological polar surface area (TPSA) is 213 Å². The molecular formula is C30H37N4O10P. The fraction of sp³-hybridized carbons (Fsp3) is 0.433. The molecule has 1 heterocycles. The zero-order valence-electron chi connectivity index (χ0n) is 24.6. The van der Waals surface area contributed by atoms with Crippen molar-refractivity contribution in [1.29, 1.82) is 0 Å². The number of hydrogen-bond acceptors (Lipinski definition) is 9. The van der Waals surface area contributed by atoms with E-state index >= 15 is 0 Å². The minimum atomic E-state index is -4.68. The number of phosphoric ester groups is 1. The number of nitrogens with one attached hydrogen (secondary N) is 2. The number of nitro benzene ring substituents is 1. The number of aromatic nitrogens is 1. The van der Waals surface area contributed by atoms with E-state index in [1.54, 1.807) is 6.20 Å². The molecule has 2 aromatic carbocycles. The van der Waals surface area contributed by atoms with Crippen molar-refractivity contribution < 1.29 is 42.5 Å². The minimum Gasteiger partial charge on any atom is -0.481 e. The van der Waals surface area contributed by atoms with Gasteiger partial charge in [-0.25, -0.2) is 4.57 Å². The Morgan fingerprint density at radius 2 is 1.78 bits per heavy atom. The number of carboxylic acid groups (broad SMARTS) is 1. The van der Waals surface area contributed by atoms with Gasteiger partial charge in [0.15, 0.2) is 6.10 Å². The van der Waals surface area contributed by atoms with E-state index in [9.17, 15) is 29.1 Å². The molecule has 242 valence electrons. The van der Waals surface area contributed by atoms with Crippen molar-refractivity contribution in [3.05, 3.63) is 76.0 Å². The van der Waals surface area contributed by atoms with Gasteiger partial charge in [0.05, 0.1) is 11.5 Å². The van der Waals surface area contributed by atoms with Crippen molar-refractivity contribution in [2.24, 2.45) is 11.7 Å². The van der Waals surface area contributed by atoms with E-state index in [4.69, 9.17) is 24.4 Å². The van der Waals surface area contributed by atoms with Crippen LogP contribution >= 0.6 is 7.82 Å². The van der Waals surface area contributed by atoms with Crippen molar-refractivity contribution >= 4 is 42.2 Å². The molecule has 3 aromatic rings. The van der Waals surface area contributed by atoms with Crippen molar-refractivity contribution in [3.63, 3.8) is 0 Å². The summed E-state index contributed by atoms with van der Waals surface area (Å²) in [6.45, 7) is -0.363. The summed E-state index contributed by atoms with van der Waals surface area (Å²) in [6, 6.07) is 12.7. The second kappa shape index (κ2) is 15.8. The number of nitro groups is 1. The number of hydrogen-bond donors (Lipinski definition) is 4. The van der Waals surface area contributed by atoms with Gasteiger partial charge in [-0.15, -0.1) is 0 Å². The highest BCUT2D eigenvalue weighted by Crippen LogP contribution is 2.54. The van der Waals surface area contributed by atoms with Gasteiger partial charge in [0, 0.05) is 54.4 Å². The lowest BCUT2D eigenvalue weighted by Crippen LogP contribution is -2.43. The Hall–Kier alpha value is -4.10. The largest absolute Gasteiger partial charge is 0.481 e. The van der Waals surface area contributed by atoms with Gasteiger partial charge in [-0.3, -0.25) is 38.1 Å². The number of nitrogens with zero attached hydrogens (tertiary/aromatic N) is 1. The first-order chi connectivity index (χ1) is 21.5. The summed E-state index contributed by atoms with van der Waals surface area (Å²) < 4.78 is 31.9. The maximum atomic E-state index is 14.4. The molecule has 0 radical (unpaired) electrons. The summed E-state index contributed by atoms with van der Waals surface area (Å²) in [5.74, 6) is -2.72. The maximum absolute atomic E-state index is 14.4. The Labute approximate surface area is 259 Å². The van der Waals surface area contributed by atoms with Gasteiger partial charge in [0.1, 0.15) is 6.23 Å². The van der Waals surface area contributed by atoms with E-state index in [1.807, 2.05) is 24.3 Å². The summed E-state index contributed by atoms with van der Waals surface area (Å²) >= 11 is 0. The molecule has 3 atom stereocenters. The second-order valence-electron chi connectivity index (χ2n) is 10.9. The normalized spacial score (nSPS) is 16.4. The smallest absolute Gasteiger partial charge is 0.477 e. The molecule has 4 rings (SSSR count). The van der Waals surface area contributed by atoms with Gasteiger partial charge < -0.3 is 21.1 Å². The summed E-state index contributed by atoms with van der Waals surface area (Å²) in [5.41, 5.74) is 7.45. The number of carbonyl (C=O) groups is 3. The van der Waals surface area contributed by atoms with Crippen LogP contribution in [-0.2, 0) is 45.5 Å². The van der Waals surface area contributed by atoms with Crippen LogP contribution in [0.3, 0.4) is 0 Å². The number of non-ortho nitro benzene ring substituents is 1. The molecule has 1 aliphatic rings. The predicted molar refractivity (Wildman–Crippen MR) is 163 cm³/mol. The van der Waals surface area contributed by atoms with Crippen LogP contribution in [0.4, 0.5) is 5.69 Å². The fourth-order valence-electron chi connectivity index (χ4n) is 5.24. The molecule has 45 heavy (non-hydrogen) atoms. The van der Waals surface area contributed by atoms with E-state index in [0.717, 1.165) is 30.2 Å². The lowest BCUT2D eigenvalue weighted by molar-refractivity contribution is -0.384. The van der Waals surface area contributed by atoms with E-state index in [1.165, 1.54) is 24.3 Å². The summed E-state index contributed by atoms with van der Waals surface area (Å²) in [5, 5.41) is 23.5. The van der Waals surface area contributed by atoms with Crippen LogP contribution in [0.2, 0.25) is 0 Å². The number of aliphatic carboxylic acids is 1. The van der Waals surface area contributed by atoms with Crippen molar-refractivity contribution in [2.75, 3.05) is 0 Å². The third kappa shape index (κ3) is 9.95. The summed E-state index contributed by atoms with van der Waals surface area (Å²) in [7, 11) is -4.68. The number of nitrogens with two attached hydrogens (primary N) is 1. The zero-order chi connectivity index (χ0) is 32.4. The van der Waals surface area contributed by atoms with Gasteiger partial charge >= 0.3 is 13.8 Å². The molecule has 1 fully saturated rings. The predicted octanol–water partition coefficient (Wildman–Crippen LogP) is 5.11. The summed E-state index contributed by atoms with van der Waals surface area (Å²) in [4.78, 5) is 50.0. The first-order valence-electron chi connectivity index (χ1n) is 14.7. The fourth-order valence-corrected chi connectivity index (χ4v) is 6.71. The van der Waals surface area contributed by atoms with Crippen LogP contribution in [-0.4, -0.2) is 45.1 Å². The van der Waals surface area contributed by atoms with E-state index < -0.39 is 42.9 Å². The highest BCUT2D eigenvalue weighted by Gasteiger charge is 2.40. The van der Waals surface area contributed by atoms with Gasteiger partial charge in [-0.2, -0.15) is 0 Å². The van der Waals surface area contributed by atoms with Crippen molar-refractivity contribution in [3.8, 4) is 0 Å². The molecule has 15 heteroatoms. The number of benzene rings is 2. The highest BCUT2D eigenvalue weighted by atomic mass is 31.2. The molecular weight excluding hydrogens is 607 g/mol. The number of phosphoric acid groups is 1. The number of aromatic amines is 1. The molecule has 0 aliphatic heterocycles. The van der Waals surface area contributed by atoms with Gasteiger partial charge in [-0.1, -0.05) is 37.5 Å². The molecule has 2 amide bonds. The zero-order valence-corrected chi connectivity index (χ0v) is 25.5. The number of amides is 2. The molecule has 1 aliphatic carbocycles. The highest BCUT2D eigenvalue weighted by molar-refractivity contribution is 7.48. The molecule has 1 saturated carbocycles. The molecule has 1 aromatic heterocycles. The van der Waals surface area contributed by atoms with Gasteiger partial charge in [0.25, 0.3) is 5.69 Å². The first kappa shape index (κ1) is 33.8. The van der Waals surface area contributed by atoms with Gasteiger partial charge in [0.2, 0.25) is 11.8 Å². The molecule has 0 spiro atoms. The number of para-hydroxylation sites is 1. The van der Waals surface area contributed by atoms with Crippen LogP contribution in [0.5, 0.6) is 0 Å².